The van der Waals surface area contributed by atoms with Crippen LogP contribution in [0.3, 0.4) is 0 Å². The number of aromatic carboxylic acids is 2. The van der Waals surface area contributed by atoms with Crippen molar-refractivity contribution in [3.05, 3.63) is 266 Å². The second kappa shape index (κ2) is 44.0. The number of imide groups is 1. The number of carboxylic acid groups (broad SMARTS) is 2. The molecular weight excluding hydrogens is 1490 g/mol. The van der Waals surface area contributed by atoms with Crippen molar-refractivity contribution in [3.63, 3.8) is 0 Å². The number of nitrogens with one attached hydrogen (secondary N) is 4. The number of nitro benzene ring substituents is 3. The van der Waals surface area contributed by atoms with Gasteiger partial charge in [0.25, 0.3) is 23.5 Å². The monoisotopic (exact) mass is 1540 g/mol. The van der Waals surface area contributed by atoms with E-state index < -0.39 is 117 Å². The number of carbonyl (C=O) groups excluding carboxylic acids is 5. The quantitative estimate of drug-likeness (QED) is 0.00733. The molecule has 4 atom stereocenters. The number of carboxylic acids is 2. The van der Waals surface area contributed by atoms with Crippen LogP contribution in [0.15, 0.2) is 170 Å². The predicted molar refractivity (Wildman–Crippen MR) is 365 cm³/mol. The molecule has 9 rings (SSSR count). The molecule has 0 saturated carbocycles. The first-order valence-electron chi connectivity index (χ1n) is 28.4. The van der Waals surface area contributed by atoms with Crippen LogP contribution in [0, 0.1) is 37.3 Å². The van der Waals surface area contributed by atoms with Crippen LogP contribution in [-0.4, -0.2) is 116 Å². The average molecular weight is 1540 g/mol. The molecule has 0 bridgehead atoms. The molecule has 0 aromatic heterocycles. The first-order valence-corrected chi connectivity index (χ1v) is 33.1. The third-order valence-electron chi connectivity index (χ3n) is 13.4. The van der Waals surface area contributed by atoms with Crippen molar-refractivity contribution in [1.82, 2.24) is 0 Å². The average Bonchev–Trinajstić information content (AvgIpc) is 1.39. The first kappa shape index (κ1) is 87.6. The van der Waals surface area contributed by atoms with Crippen LogP contribution < -0.4 is 58.6 Å². The van der Waals surface area contributed by atoms with Gasteiger partial charge in [-0.3, -0.25) is 66.5 Å². The van der Waals surface area contributed by atoms with Crippen molar-refractivity contribution in [2.24, 2.45) is 0 Å². The number of ether oxygens (including phenoxy) is 2. The number of benzene rings is 8. The number of nitrogens with zero attached hydrogens (tertiary/aromatic N) is 4. The van der Waals surface area contributed by atoms with Crippen LogP contribution >= 0.6 is 11.6 Å². The molecule has 1 heterocycles. The smallest absolute Gasteiger partial charge is 0.755 e. The fourth-order valence-electron chi connectivity index (χ4n) is 9.00. The topological polar surface area (TPSA) is 552 Å². The van der Waals surface area contributed by atoms with E-state index in [1.54, 1.807) is 65.4 Å². The Morgan fingerprint density at radius 1 is 0.500 bits per heavy atom. The standard InChI is InChI=1S/C19H18N2O6S.C15H14N2O6S.C14H12N2O6S.C7H5ClN2O6S.C7H8.CH2O3.Na/c1-27-19(24)13-10-15(20-28(25)26)14(9-12-5-3-2-4-6-12)16(11-13)21-17(22)7-8-18(21)23;1-23-15(18)11-8-13(16-24(21)22)12(14(9-11)17(19)20)7-10-5-3-2-4-6-10;17-14(18)10-7-12(15-23(21)22)11(13(8-10)16(19)20)6-9-4-2-1-3-5-9;8-6-4(9-17(15)16)1-3(7(11)12)2-5(6)10(13)14;1-7-5-3-2-4-6-7;2-1-4-3;/h2-6,10-11,20H,7-9H2,1H3,(H,25,26);2-6,8-9,16H,7H2,1H3,(H,21,22);1-5,7-8,15H,6H2,(H,17,18)(H,21,22);1-2,9H,(H,11,12)(H,15,16);2-6H,1H3;1,3H;/q;;;;;;+1/p-5. The Morgan fingerprint density at radius 3 is 1.10 bits per heavy atom. The van der Waals surface area contributed by atoms with E-state index in [-0.39, 0.29) is 130 Å². The van der Waals surface area contributed by atoms with E-state index in [1.165, 1.54) is 30.9 Å². The van der Waals surface area contributed by atoms with Crippen LogP contribution in [0.5, 0.6) is 0 Å². The number of nitro groups is 3. The molecule has 35 nitrogen and oxygen atoms in total. The number of carbonyl (C=O) groups is 7. The summed E-state index contributed by atoms with van der Waals surface area (Å²) < 4.78 is 105. The van der Waals surface area contributed by atoms with Crippen molar-refractivity contribution in [2.45, 2.75) is 39.0 Å². The summed E-state index contributed by atoms with van der Waals surface area (Å²) >= 11 is -5.34. The zero-order valence-corrected chi connectivity index (χ0v) is 60.2. The number of rotatable bonds is 23. The molecule has 6 N–H and O–H groups in total. The van der Waals surface area contributed by atoms with Gasteiger partial charge in [0.05, 0.1) is 90.8 Å². The van der Waals surface area contributed by atoms with Gasteiger partial charge in [-0.2, -0.15) is 0 Å². The summed E-state index contributed by atoms with van der Waals surface area (Å²) in [7, 11) is 2.32. The van der Waals surface area contributed by atoms with Crippen LogP contribution in [0.1, 0.15) is 93.2 Å². The maximum absolute atomic E-state index is 12.3. The van der Waals surface area contributed by atoms with E-state index in [4.69, 9.17) is 36.6 Å². The second-order valence-corrected chi connectivity index (χ2v) is 23.2. The molecule has 1 aliphatic rings. The van der Waals surface area contributed by atoms with E-state index >= 15 is 0 Å². The summed E-state index contributed by atoms with van der Waals surface area (Å²) in [6.45, 7) is 1.90. The number of esters is 2. The molecule has 0 spiro atoms. The Morgan fingerprint density at radius 2 is 0.788 bits per heavy atom. The minimum absolute atomic E-state index is 0. The number of hydrogen-bond acceptors (Lipinski definition) is 25. The van der Waals surface area contributed by atoms with Crippen LogP contribution in [0.25, 0.3) is 0 Å². The van der Waals surface area contributed by atoms with Crippen molar-refractivity contribution < 1.29 is 143 Å². The van der Waals surface area contributed by atoms with Gasteiger partial charge >= 0.3 is 53.4 Å². The minimum Gasteiger partial charge on any atom is -0.755 e. The third-order valence-corrected chi connectivity index (χ3v) is 15.3. The number of halogens is 1. The van der Waals surface area contributed by atoms with Gasteiger partial charge in [-0.25, -0.2) is 19.2 Å². The molecule has 1 aliphatic heterocycles. The maximum atomic E-state index is 12.3. The minimum atomic E-state index is -2.77. The molecule has 0 aliphatic carbocycles. The molecule has 8 aromatic rings. The Bertz CT molecular complexity index is 4490. The Hall–Kier alpha value is -10.7. The van der Waals surface area contributed by atoms with E-state index in [0.29, 0.717) is 5.56 Å². The molecule has 1 saturated heterocycles. The fourth-order valence-corrected chi connectivity index (χ4v) is 10.7. The van der Waals surface area contributed by atoms with Gasteiger partial charge < -0.3 is 66.9 Å². The van der Waals surface area contributed by atoms with Crippen molar-refractivity contribution in [1.29, 1.82) is 0 Å². The molecule has 4 unspecified atom stereocenters. The van der Waals surface area contributed by atoms with Gasteiger partial charge in [-0.05, 0) is 53.9 Å². The SMILES string of the molecule is COC(=O)c1cc(NS(=O)[O-])c(Cc2ccccc2)c(N2C(=O)CCC2=O)c1.COC(=O)c1cc(NS(=O)[O-])c(Cc2ccccc2)c([N+](=O)[O-])c1.Cc1ccccc1.O=C(O)c1cc(NS(=O)[O-])c(Cc2ccccc2)c([N+](=O)[O-])c1.O=C(O)c1cc(NS(=O)[O-])c(Cl)c([N+](=O)[O-])c1.O=CO[O-].[Na+]. The number of amides is 2. The summed E-state index contributed by atoms with van der Waals surface area (Å²) in [5.41, 5.74) is 1.60. The van der Waals surface area contributed by atoms with Crippen molar-refractivity contribution >= 4 is 144 Å². The van der Waals surface area contributed by atoms with Gasteiger partial charge in [0.15, 0.2) is 0 Å². The van der Waals surface area contributed by atoms with Gasteiger partial charge in [0.2, 0.25) is 11.8 Å². The van der Waals surface area contributed by atoms with Crippen LogP contribution in [0.4, 0.5) is 45.5 Å². The largest absolute Gasteiger partial charge is 1.00 e. The molecule has 0 radical (unpaired) electrons. The molecular formula is C63H54ClN8NaO27S4-4. The summed E-state index contributed by atoms with van der Waals surface area (Å²) in [6, 6.07) is 45.6. The Labute approximate surface area is 626 Å². The summed E-state index contributed by atoms with van der Waals surface area (Å²) in [6.07, 6.45) is 0.563. The van der Waals surface area contributed by atoms with E-state index in [2.05, 4.69) is 38.1 Å². The van der Waals surface area contributed by atoms with Crippen LogP contribution in [-0.2, 0) is 93.1 Å². The Balaban J connectivity index is 0.000000345. The van der Waals surface area contributed by atoms with E-state index in [9.17, 15) is 94.2 Å². The summed E-state index contributed by atoms with van der Waals surface area (Å²) in [5, 5.41) is 58.9. The molecule has 8 aromatic carbocycles. The maximum Gasteiger partial charge on any atom is 1.00 e. The predicted octanol–water partition coefficient (Wildman–Crippen LogP) is 4.78. The van der Waals surface area contributed by atoms with Gasteiger partial charge in [0, 0.05) is 101 Å². The number of anilines is 5. The van der Waals surface area contributed by atoms with Crippen molar-refractivity contribution in [2.75, 3.05) is 38.0 Å². The van der Waals surface area contributed by atoms with E-state index in [1.807, 2.05) is 53.3 Å². The normalized spacial score (nSPS) is 12.0. The first-order chi connectivity index (χ1) is 48.8. The van der Waals surface area contributed by atoms with Crippen LogP contribution in [0.2, 0.25) is 5.02 Å². The number of hydrogen-bond donors (Lipinski definition) is 6. The molecule has 2 amide bonds. The van der Waals surface area contributed by atoms with Gasteiger partial charge in [0.1, 0.15) is 5.02 Å². The fraction of sp³-hybridized carbons (Fsp3) is 0.127. The molecule has 104 heavy (non-hydrogen) atoms. The summed E-state index contributed by atoms with van der Waals surface area (Å²) in [4.78, 5) is 113. The van der Waals surface area contributed by atoms with Gasteiger partial charge in [-0.15, -0.1) is 0 Å². The van der Waals surface area contributed by atoms with Gasteiger partial charge in [-0.1, -0.05) is 138 Å². The number of aryl methyl sites for hydroxylation is 1. The van der Waals surface area contributed by atoms with E-state index in [0.717, 1.165) is 59.0 Å². The molecule has 41 heteroatoms. The van der Waals surface area contributed by atoms with Crippen molar-refractivity contribution in [3.8, 4) is 0 Å². The second-order valence-electron chi connectivity index (χ2n) is 20.1. The molecule has 1 fully saturated rings. The Kier molecular flexibility index (Phi) is 37.0. The molecule has 544 valence electrons. The zero-order chi connectivity index (χ0) is 76.6. The zero-order valence-electron chi connectivity index (χ0n) is 54.2. The summed E-state index contributed by atoms with van der Waals surface area (Å²) in [5.74, 6) is -5.16. The third kappa shape index (κ3) is 27.9. The number of methoxy groups -OCH3 is 2.